The predicted octanol–water partition coefficient (Wildman–Crippen LogP) is 4.23. The Bertz CT molecular complexity index is 1270. The van der Waals surface area contributed by atoms with Crippen molar-refractivity contribution in [3.63, 3.8) is 0 Å². The van der Waals surface area contributed by atoms with Gasteiger partial charge in [-0.2, -0.15) is 0 Å². The van der Waals surface area contributed by atoms with Crippen LogP contribution in [0, 0.1) is 20.8 Å². The first kappa shape index (κ1) is 25.8. The molecule has 2 aromatic carbocycles. The van der Waals surface area contributed by atoms with Crippen LogP contribution in [0.25, 0.3) is 5.70 Å². The first-order valence-electron chi connectivity index (χ1n) is 13.2. The summed E-state index contributed by atoms with van der Waals surface area (Å²) >= 11 is 0. The summed E-state index contributed by atoms with van der Waals surface area (Å²) in [6, 6.07) is 8.17. The average Bonchev–Trinajstić information content (AvgIpc) is 3.29. The van der Waals surface area contributed by atoms with E-state index in [2.05, 4.69) is 49.2 Å². The van der Waals surface area contributed by atoms with E-state index < -0.39 is 6.17 Å². The van der Waals surface area contributed by atoms with Gasteiger partial charge in [0.1, 0.15) is 12.8 Å². The molecule has 9 nitrogen and oxygen atoms in total. The summed E-state index contributed by atoms with van der Waals surface area (Å²) in [5.41, 5.74) is 7.43. The first-order valence-corrected chi connectivity index (χ1v) is 13.2. The number of rotatable bonds is 8. The van der Waals surface area contributed by atoms with Gasteiger partial charge in [0.15, 0.2) is 11.5 Å². The van der Waals surface area contributed by atoms with Gasteiger partial charge in [-0.1, -0.05) is 17.7 Å². The summed E-state index contributed by atoms with van der Waals surface area (Å²) < 4.78 is 16.6. The van der Waals surface area contributed by atoms with E-state index in [0.717, 1.165) is 40.1 Å². The fourth-order valence-corrected chi connectivity index (χ4v) is 5.80. The molecule has 0 aromatic heterocycles. The van der Waals surface area contributed by atoms with Crippen molar-refractivity contribution in [1.82, 2.24) is 15.1 Å². The Balaban J connectivity index is 1.57. The molecule has 9 heteroatoms. The van der Waals surface area contributed by atoms with Crippen LogP contribution in [0.4, 0.5) is 15.3 Å². The number of hydrogen-bond acceptors (Lipinski definition) is 6. The number of methoxy groups -OCH3 is 1. The van der Waals surface area contributed by atoms with Gasteiger partial charge < -0.3 is 29.3 Å². The van der Waals surface area contributed by atoms with Gasteiger partial charge in [0.2, 0.25) is 0 Å². The summed E-state index contributed by atoms with van der Waals surface area (Å²) in [6.45, 7) is 11.3. The van der Waals surface area contributed by atoms with Gasteiger partial charge in [0, 0.05) is 30.9 Å². The number of hydrogen-bond donors (Lipinski definition) is 1. The zero-order chi connectivity index (χ0) is 27.0. The van der Waals surface area contributed by atoms with Crippen LogP contribution >= 0.6 is 0 Å². The molecule has 1 atom stereocenters. The van der Waals surface area contributed by atoms with Crippen LogP contribution in [0.5, 0.6) is 11.5 Å². The molecule has 3 amide bonds. The molecule has 1 saturated heterocycles. The highest BCUT2D eigenvalue weighted by atomic mass is 16.6. The van der Waals surface area contributed by atoms with E-state index >= 15 is 0 Å². The van der Waals surface area contributed by atoms with Crippen LogP contribution < -0.4 is 19.7 Å². The van der Waals surface area contributed by atoms with Crippen molar-refractivity contribution in [2.75, 3.05) is 51.4 Å². The topological polar surface area (TPSA) is 83.6 Å². The lowest BCUT2D eigenvalue weighted by Crippen LogP contribution is -2.57. The maximum Gasteiger partial charge on any atom is 0.409 e. The van der Waals surface area contributed by atoms with Gasteiger partial charge in [0.05, 0.1) is 26.0 Å². The van der Waals surface area contributed by atoms with Crippen molar-refractivity contribution in [2.24, 2.45) is 0 Å². The Morgan fingerprint density at radius 2 is 1.84 bits per heavy atom. The van der Waals surface area contributed by atoms with Crippen LogP contribution in [-0.4, -0.2) is 74.6 Å². The van der Waals surface area contributed by atoms with Gasteiger partial charge in [-0.3, -0.25) is 4.90 Å². The lowest BCUT2D eigenvalue weighted by atomic mass is 9.94. The molecule has 2 aromatic rings. The van der Waals surface area contributed by atoms with E-state index in [1.54, 1.807) is 16.9 Å². The molecule has 0 spiro atoms. The number of fused-ring (bicyclic) bond motifs is 3. The van der Waals surface area contributed by atoms with E-state index in [1.165, 1.54) is 5.56 Å². The zero-order valence-corrected chi connectivity index (χ0v) is 22.8. The Hall–Kier alpha value is -3.88. The molecular weight excluding hydrogens is 484 g/mol. The minimum Gasteiger partial charge on any atom is -0.493 e. The predicted molar refractivity (Wildman–Crippen MR) is 146 cm³/mol. The van der Waals surface area contributed by atoms with Crippen molar-refractivity contribution in [2.45, 2.75) is 40.3 Å². The molecule has 0 aliphatic carbocycles. The lowest BCUT2D eigenvalue weighted by Gasteiger charge is -2.42. The average molecular weight is 521 g/mol. The third kappa shape index (κ3) is 4.73. The molecule has 3 aliphatic heterocycles. The number of nitrogens with zero attached hydrogens (tertiary/aromatic N) is 3. The Labute approximate surface area is 223 Å². The second-order valence-electron chi connectivity index (χ2n) is 9.98. The van der Waals surface area contributed by atoms with Crippen LogP contribution in [0.2, 0.25) is 0 Å². The van der Waals surface area contributed by atoms with Crippen LogP contribution in [0.3, 0.4) is 0 Å². The van der Waals surface area contributed by atoms with Crippen molar-refractivity contribution < 1.29 is 23.8 Å². The maximum atomic E-state index is 13.5. The zero-order valence-electron chi connectivity index (χ0n) is 22.8. The van der Waals surface area contributed by atoms with Crippen LogP contribution in [0.1, 0.15) is 34.7 Å². The number of carbonyl (C=O) groups is 2. The van der Waals surface area contributed by atoms with Crippen LogP contribution in [0.15, 0.2) is 30.3 Å². The molecule has 0 bridgehead atoms. The van der Waals surface area contributed by atoms with Crippen molar-refractivity contribution in [3.8, 4) is 11.5 Å². The molecule has 5 rings (SSSR count). The molecule has 0 saturated carbocycles. The molecule has 1 unspecified atom stereocenters. The van der Waals surface area contributed by atoms with Gasteiger partial charge in [-0.15, -0.1) is 0 Å². The number of anilines is 1. The number of aryl methyl sites for hydroxylation is 3. The normalized spacial score (nSPS) is 18.3. The molecule has 0 radical (unpaired) electrons. The summed E-state index contributed by atoms with van der Waals surface area (Å²) in [6.07, 6.45) is 2.14. The smallest absolute Gasteiger partial charge is 0.409 e. The molecule has 1 N–H and O–H groups in total. The Kier molecular flexibility index (Phi) is 7.10. The highest BCUT2D eigenvalue weighted by molar-refractivity contribution is 5.91. The molecule has 1 fully saturated rings. The molecule has 38 heavy (non-hydrogen) atoms. The fourth-order valence-electron chi connectivity index (χ4n) is 5.80. The minimum atomic E-state index is -0.406. The van der Waals surface area contributed by atoms with Gasteiger partial charge >= 0.3 is 12.1 Å². The first-order chi connectivity index (χ1) is 18.3. The van der Waals surface area contributed by atoms with Crippen molar-refractivity contribution in [3.05, 3.63) is 58.2 Å². The lowest BCUT2D eigenvalue weighted by molar-refractivity contribution is 0.158. The summed E-state index contributed by atoms with van der Waals surface area (Å²) in [4.78, 5) is 31.3. The molecule has 202 valence electrons. The van der Waals surface area contributed by atoms with E-state index in [1.807, 2.05) is 19.1 Å². The van der Waals surface area contributed by atoms with E-state index in [0.29, 0.717) is 50.9 Å². The monoisotopic (exact) mass is 520 g/mol. The highest BCUT2D eigenvalue weighted by Crippen LogP contribution is 2.40. The standard InChI is InChI=1S/C29H36N4O5/c1-6-37-25-15-21-7-8-32-23(22(21)16-24(25)36-5)17-26(30-28(32)34)33(10-9-31-11-12-38-29(31)35)27-19(3)13-18(2)14-20(27)4/h13-17,26H,6-12H2,1-5H3,(H,30,34). The summed E-state index contributed by atoms with van der Waals surface area (Å²) in [7, 11) is 1.63. The number of nitrogens with one attached hydrogen (secondary N) is 1. The molecule has 3 aliphatic rings. The maximum absolute atomic E-state index is 13.5. The second kappa shape index (κ2) is 10.5. The number of cyclic esters (lactones) is 1. The van der Waals surface area contributed by atoms with Crippen molar-refractivity contribution in [1.29, 1.82) is 0 Å². The summed E-state index contributed by atoms with van der Waals surface area (Å²) in [5.74, 6) is 1.36. The quantitative estimate of drug-likeness (QED) is 0.561. The molecule has 3 heterocycles. The Morgan fingerprint density at radius 3 is 2.50 bits per heavy atom. The number of urea groups is 1. The number of amides is 3. The van der Waals surface area contributed by atoms with Gasteiger partial charge in [-0.25, -0.2) is 9.59 Å². The van der Waals surface area contributed by atoms with Crippen molar-refractivity contribution >= 4 is 23.5 Å². The minimum absolute atomic E-state index is 0.140. The largest absolute Gasteiger partial charge is 0.493 e. The second-order valence-corrected chi connectivity index (χ2v) is 9.98. The number of benzene rings is 2. The third-order valence-electron chi connectivity index (χ3n) is 7.41. The number of ether oxygens (including phenoxy) is 3. The number of carbonyl (C=O) groups excluding carboxylic acids is 2. The molecular formula is C29H36N4O5. The highest BCUT2D eigenvalue weighted by Gasteiger charge is 2.36. The van der Waals surface area contributed by atoms with Crippen LogP contribution in [-0.2, 0) is 11.2 Å². The van der Waals surface area contributed by atoms with Gasteiger partial charge in [0.25, 0.3) is 0 Å². The Morgan fingerprint density at radius 1 is 1.08 bits per heavy atom. The third-order valence-corrected chi connectivity index (χ3v) is 7.41. The SMILES string of the molecule is CCOc1cc2c(cc1OC)C1=CC(N(CCN3CCOC3=O)c3c(C)cc(C)cc3C)NC(=O)N1CC2. The fraction of sp³-hybridized carbons (Fsp3) is 0.448. The van der Waals surface area contributed by atoms with Gasteiger partial charge in [-0.05, 0) is 69.0 Å². The van der Waals surface area contributed by atoms with E-state index in [9.17, 15) is 9.59 Å². The van der Waals surface area contributed by atoms with E-state index in [4.69, 9.17) is 14.2 Å². The summed E-state index contributed by atoms with van der Waals surface area (Å²) in [5, 5.41) is 3.21. The van der Waals surface area contributed by atoms with E-state index in [-0.39, 0.29) is 12.1 Å².